The van der Waals surface area contributed by atoms with Crippen LogP contribution in [-0.2, 0) is 12.3 Å². The van der Waals surface area contributed by atoms with E-state index in [0.29, 0.717) is 30.5 Å². The molecule has 0 radical (unpaired) electrons. The second-order valence-corrected chi connectivity index (χ2v) is 5.73. The Morgan fingerprint density at radius 1 is 0.680 bits per heavy atom. The molecule has 1 aromatic carbocycles. The smallest absolute Gasteiger partial charge is 0.194 e. The first-order valence-electron chi connectivity index (χ1n) is 7.58. The Bertz CT molecular complexity index is 544. The molecule has 0 aromatic heterocycles. The maximum absolute atomic E-state index is 13.7. The van der Waals surface area contributed by atoms with Crippen molar-refractivity contribution in [3.63, 3.8) is 0 Å². The van der Waals surface area contributed by atoms with Crippen molar-refractivity contribution >= 4 is 0 Å². The van der Waals surface area contributed by atoms with Crippen LogP contribution in [0.5, 0.6) is 0 Å². The normalized spacial score (nSPS) is 14.0. The summed E-state index contributed by atoms with van der Waals surface area (Å²) in [5.74, 6) is -19.2. The van der Waals surface area contributed by atoms with Crippen molar-refractivity contribution in [2.24, 2.45) is 0 Å². The summed E-state index contributed by atoms with van der Waals surface area (Å²) in [5, 5.41) is 0. The molecule has 144 valence electrons. The van der Waals surface area contributed by atoms with Crippen LogP contribution in [0.4, 0.5) is 39.5 Å². The third-order valence-corrected chi connectivity index (χ3v) is 3.78. The number of unbranched alkanes of at least 4 members (excludes halogenated alkanes) is 3. The molecule has 1 aromatic rings. The van der Waals surface area contributed by atoms with Crippen LogP contribution in [0.3, 0.4) is 0 Å². The van der Waals surface area contributed by atoms with Gasteiger partial charge < -0.3 is 0 Å². The number of hydrogen-bond donors (Lipinski definition) is 0. The Labute approximate surface area is 139 Å². The highest BCUT2D eigenvalue weighted by molar-refractivity contribution is 5.28. The zero-order valence-corrected chi connectivity index (χ0v) is 13.2. The molecule has 1 rings (SSSR count). The van der Waals surface area contributed by atoms with Crippen LogP contribution in [0, 0.1) is 0 Å². The van der Waals surface area contributed by atoms with Gasteiger partial charge in [-0.05, 0) is 18.4 Å². The summed E-state index contributed by atoms with van der Waals surface area (Å²) in [6.45, 7) is 1.98. The third-order valence-electron chi connectivity index (χ3n) is 3.78. The molecule has 0 aliphatic carbocycles. The fraction of sp³-hybridized carbons (Fsp3) is 0.625. The fourth-order valence-corrected chi connectivity index (χ4v) is 2.19. The largest absolute Gasteiger partial charge is 0.460 e. The molecular formula is C16H17F9. The van der Waals surface area contributed by atoms with Gasteiger partial charge in [0.1, 0.15) is 0 Å². The summed E-state index contributed by atoms with van der Waals surface area (Å²) in [6, 6.07) is 2.96. The van der Waals surface area contributed by atoms with Gasteiger partial charge in [-0.25, -0.2) is 0 Å². The van der Waals surface area contributed by atoms with Gasteiger partial charge >= 0.3 is 23.9 Å². The first kappa shape index (κ1) is 21.6. The standard InChI is InChI=1S/C16H17F9/c1-2-3-4-5-6-11-7-9-12(10-8-11)13(17,18)14(19,20)15(21,22)16(23,24)25/h7-10H,2-6H2,1H3. The van der Waals surface area contributed by atoms with Gasteiger partial charge in [0.25, 0.3) is 0 Å². The second-order valence-electron chi connectivity index (χ2n) is 5.73. The Morgan fingerprint density at radius 2 is 1.20 bits per heavy atom. The molecule has 0 N–H and O–H groups in total. The summed E-state index contributed by atoms with van der Waals surface area (Å²) >= 11 is 0. The summed E-state index contributed by atoms with van der Waals surface area (Å²) in [4.78, 5) is 0. The Balaban J connectivity index is 3.01. The molecule has 0 bridgehead atoms. The van der Waals surface area contributed by atoms with Crippen LogP contribution in [0.2, 0.25) is 0 Å². The minimum atomic E-state index is -6.87. The quantitative estimate of drug-likeness (QED) is 0.346. The van der Waals surface area contributed by atoms with Crippen LogP contribution < -0.4 is 0 Å². The van der Waals surface area contributed by atoms with Crippen molar-refractivity contribution in [1.29, 1.82) is 0 Å². The van der Waals surface area contributed by atoms with Gasteiger partial charge in [-0.3, -0.25) is 0 Å². The van der Waals surface area contributed by atoms with E-state index in [2.05, 4.69) is 0 Å². The van der Waals surface area contributed by atoms with Gasteiger partial charge in [0.15, 0.2) is 0 Å². The van der Waals surface area contributed by atoms with E-state index in [1.165, 1.54) is 0 Å². The molecular weight excluding hydrogens is 363 g/mol. The lowest BCUT2D eigenvalue weighted by Gasteiger charge is -2.33. The third kappa shape index (κ3) is 4.23. The van der Waals surface area contributed by atoms with Crippen LogP contribution in [0.15, 0.2) is 24.3 Å². The number of halogens is 9. The molecule has 0 saturated heterocycles. The first-order valence-corrected chi connectivity index (χ1v) is 7.58. The second kappa shape index (κ2) is 7.45. The van der Waals surface area contributed by atoms with Gasteiger partial charge in [-0.15, -0.1) is 0 Å². The predicted octanol–water partition coefficient (Wildman–Crippen LogP) is 6.73. The lowest BCUT2D eigenvalue weighted by molar-refractivity contribution is -0.399. The minimum absolute atomic E-state index is 0.454. The summed E-state index contributed by atoms with van der Waals surface area (Å²) in [6.07, 6.45) is -2.85. The van der Waals surface area contributed by atoms with Crippen molar-refractivity contribution in [1.82, 2.24) is 0 Å². The highest BCUT2D eigenvalue weighted by Gasteiger charge is 2.81. The van der Waals surface area contributed by atoms with Gasteiger partial charge in [-0.2, -0.15) is 39.5 Å². The lowest BCUT2D eigenvalue weighted by atomic mass is 9.95. The van der Waals surface area contributed by atoms with Crippen molar-refractivity contribution in [3.8, 4) is 0 Å². The topological polar surface area (TPSA) is 0 Å². The van der Waals surface area contributed by atoms with Gasteiger partial charge in [0, 0.05) is 5.56 Å². The van der Waals surface area contributed by atoms with Crippen molar-refractivity contribution in [2.45, 2.75) is 63.0 Å². The molecule has 0 aliphatic heterocycles. The first-order chi connectivity index (χ1) is 11.3. The highest BCUT2D eigenvalue weighted by Crippen LogP contribution is 2.56. The van der Waals surface area contributed by atoms with Gasteiger partial charge in [-0.1, -0.05) is 50.5 Å². The molecule has 0 unspecified atom stereocenters. The molecule has 0 fully saturated rings. The molecule has 0 atom stereocenters. The van der Waals surface area contributed by atoms with Crippen molar-refractivity contribution in [3.05, 3.63) is 35.4 Å². The zero-order chi connectivity index (χ0) is 19.5. The average molecular weight is 380 g/mol. The molecule has 9 heteroatoms. The number of benzene rings is 1. The molecule has 0 saturated carbocycles. The van der Waals surface area contributed by atoms with E-state index in [4.69, 9.17) is 0 Å². The average Bonchev–Trinajstić information content (AvgIpc) is 2.50. The van der Waals surface area contributed by atoms with Crippen molar-refractivity contribution in [2.75, 3.05) is 0 Å². The number of hydrogen-bond acceptors (Lipinski definition) is 0. The maximum Gasteiger partial charge on any atom is 0.460 e. The monoisotopic (exact) mass is 380 g/mol. The Kier molecular flexibility index (Phi) is 6.45. The van der Waals surface area contributed by atoms with Crippen LogP contribution in [0.25, 0.3) is 0 Å². The van der Waals surface area contributed by atoms with Crippen LogP contribution >= 0.6 is 0 Å². The molecule has 0 amide bonds. The van der Waals surface area contributed by atoms with E-state index in [0.717, 1.165) is 31.4 Å². The molecule has 25 heavy (non-hydrogen) atoms. The fourth-order valence-electron chi connectivity index (χ4n) is 2.19. The van der Waals surface area contributed by atoms with Gasteiger partial charge in [0.2, 0.25) is 0 Å². The Hall–Kier alpha value is -1.41. The molecule has 0 spiro atoms. The van der Waals surface area contributed by atoms with E-state index in [1.54, 1.807) is 0 Å². The van der Waals surface area contributed by atoms with E-state index in [-0.39, 0.29) is 0 Å². The zero-order valence-electron chi connectivity index (χ0n) is 13.2. The SMILES string of the molecule is CCCCCCc1ccc(C(F)(F)C(F)(F)C(F)(F)C(F)(F)F)cc1. The van der Waals surface area contributed by atoms with E-state index < -0.39 is 29.5 Å². The van der Waals surface area contributed by atoms with E-state index >= 15 is 0 Å². The van der Waals surface area contributed by atoms with E-state index in [1.807, 2.05) is 6.92 Å². The minimum Gasteiger partial charge on any atom is -0.194 e. The predicted molar refractivity (Wildman–Crippen MR) is 74.1 cm³/mol. The highest BCUT2D eigenvalue weighted by atomic mass is 19.4. The Morgan fingerprint density at radius 3 is 1.64 bits per heavy atom. The molecule has 0 heterocycles. The lowest BCUT2D eigenvalue weighted by Crippen LogP contribution is -2.59. The number of rotatable bonds is 8. The van der Waals surface area contributed by atoms with Crippen LogP contribution in [0.1, 0.15) is 43.7 Å². The van der Waals surface area contributed by atoms with E-state index in [9.17, 15) is 39.5 Å². The van der Waals surface area contributed by atoms with Gasteiger partial charge in [0.05, 0.1) is 0 Å². The summed E-state index contributed by atoms with van der Waals surface area (Å²) < 4.78 is 116. The molecule has 0 aliphatic rings. The maximum atomic E-state index is 13.7. The summed E-state index contributed by atoms with van der Waals surface area (Å²) in [7, 11) is 0. The van der Waals surface area contributed by atoms with Crippen molar-refractivity contribution < 1.29 is 39.5 Å². The summed E-state index contributed by atoms with van der Waals surface area (Å²) in [5.41, 5.74) is -1.10. The molecule has 0 nitrogen and oxygen atoms in total. The number of alkyl halides is 9. The van der Waals surface area contributed by atoms with Crippen LogP contribution in [-0.4, -0.2) is 18.0 Å². The number of aryl methyl sites for hydroxylation is 1.